The van der Waals surface area contributed by atoms with E-state index in [-0.39, 0.29) is 5.60 Å². The molecular formula is C22H41NO3. The van der Waals surface area contributed by atoms with Crippen LogP contribution in [0.4, 0.5) is 0 Å². The van der Waals surface area contributed by atoms with Crippen molar-refractivity contribution >= 4 is 5.90 Å². The van der Waals surface area contributed by atoms with Gasteiger partial charge in [-0.15, -0.1) is 6.58 Å². The summed E-state index contributed by atoms with van der Waals surface area (Å²) in [5.41, 5.74) is -0.844. The van der Waals surface area contributed by atoms with Crippen molar-refractivity contribution in [3.05, 3.63) is 12.7 Å². The van der Waals surface area contributed by atoms with Gasteiger partial charge in [0, 0.05) is 0 Å². The molecule has 0 fully saturated rings. The van der Waals surface area contributed by atoms with Gasteiger partial charge < -0.3 is 14.2 Å². The molecule has 0 bridgehead atoms. The van der Waals surface area contributed by atoms with Gasteiger partial charge in [0.15, 0.2) is 0 Å². The number of hydrogen-bond donors (Lipinski definition) is 0. The molecule has 26 heavy (non-hydrogen) atoms. The second kappa shape index (κ2) is 11.8. The molecule has 0 aromatic rings. The number of ether oxygens (including phenoxy) is 3. The maximum absolute atomic E-state index is 5.87. The molecule has 1 heterocycles. The smallest absolute Gasteiger partial charge is 0.243 e. The van der Waals surface area contributed by atoms with Gasteiger partial charge in [-0.3, -0.25) is 0 Å². The monoisotopic (exact) mass is 367 g/mol. The summed E-state index contributed by atoms with van der Waals surface area (Å²) < 4.78 is 17.2. The molecule has 0 aromatic carbocycles. The summed E-state index contributed by atoms with van der Waals surface area (Å²) in [4.78, 5) is 4.33. The van der Waals surface area contributed by atoms with Crippen molar-refractivity contribution in [3.63, 3.8) is 0 Å². The third-order valence-corrected chi connectivity index (χ3v) is 4.97. The summed E-state index contributed by atoms with van der Waals surface area (Å²) in [6, 6.07) is 0. The summed E-state index contributed by atoms with van der Waals surface area (Å²) in [5.74, 6) is 1.56. The molecule has 2 atom stereocenters. The van der Waals surface area contributed by atoms with Crippen molar-refractivity contribution in [2.24, 2.45) is 10.9 Å². The van der Waals surface area contributed by atoms with Gasteiger partial charge in [-0.05, 0) is 33.1 Å². The van der Waals surface area contributed by atoms with E-state index >= 15 is 0 Å². The molecule has 1 rings (SSSR count). The second-order valence-electron chi connectivity index (χ2n) is 8.20. The van der Waals surface area contributed by atoms with E-state index in [1.165, 1.54) is 44.9 Å². The highest BCUT2D eigenvalue weighted by Gasteiger charge is 2.46. The van der Waals surface area contributed by atoms with E-state index in [9.17, 15) is 0 Å². The summed E-state index contributed by atoms with van der Waals surface area (Å²) >= 11 is 0. The first-order valence-corrected chi connectivity index (χ1v) is 10.5. The lowest BCUT2D eigenvalue weighted by atomic mass is 9.97. The molecule has 0 saturated carbocycles. The minimum Gasteiger partial charge on any atom is -0.475 e. The fourth-order valence-corrected chi connectivity index (χ4v) is 2.86. The average molecular weight is 368 g/mol. The zero-order valence-electron chi connectivity index (χ0n) is 17.8. The Kier molecular flexibility index (Phi) is 10.5. The van der Waals surface area contributed by atoms with Crippen molar-refractivity contribution in [1.29, 1.82) is 0 Å². The maximum atomic E-state index is 5.87. The highest BCUT2D eigenvalue weighted by Crippen LogP contribution is 2.30. The number of nitrogens with zero attached hydrogens (tertiary/aromatic N) is 1. The molecule has 152 valence electrons. The Hall–Kier alpha value is -0.870. The molecule has 0 spiro atoms. The van der Waals surface area contributed by atoms with Gasteiger partial charge in [0.2, 0.25) is 11.6 Å². The van der Waals surface area contributed by atoms with E-state index < -0.39 is 5.72 Å². The normalized spacial score (nSPS) is 20.6. The number of aliphatic imine (C=N–C) groups is 1. The maximum Gasteiger partial charge on any atom is 0.243 e. The Labute approximate surface area is 161 Å². The van der Waals surface area contributed by atoms with Gasteiger partial charge >= 0.3 is 0 Å². The molecule has 1 aliphatic heterocycles. The molecular weight excluding hydrogens is 326 g/mol. The third kappa shape index (κ3) is 9.72. The largest absolute Gasteiger partial charge is 0.475 e. The Balaban J connectivity index is 1.96. The predicted octanol–water partition coefficient (Wildman–Crippen LogP) is 5.91. The van der Waals surface area contributed by atoms with Crippen molar-refractivity contribution < 1.29 is 14.2 Å². The van der Waals surface area contributed by atoms with E-state index in [2.05, 4.69) is 25.4 Å². The molecule has 0 radical (unpaired) electrons. The standard InChI is InChI=1S/C22H41NO3/c1-7-9-11-14-19(3)15-12-10-13-16-26-22(6)20(23-22)24-17-18-25-21(4,5)8-2/h8,19H,2,7,9-18H2,1,3-6H3. The summed E-state index contributed by atoms with van der Waals surface area (Å²) in [7, 11) is 0. The average Bonchev–Trinajstić information content (AvgIpc) is 3.25. The third-order valence-electron chi connectivity index (χ3n) is 4.97. The van der Waals surface area contributed by atoms with Crippen molar-refractivity contribution in [2.45, 2.75) is 97.3 Å². The van der Waals surface area contributed by atoms with Crippen LogP contribution in [0.2, 0.25) is 0 Å². The number of rotatable bonds is 16. The molecule has 4 heteroatoms. The number of hydrogen-bond acceptors (Lipinski definition) is 4. The van der Waals surface area contributed by atoms with Crippen molar-refractivity contribution in [1.82, 2.24) is 0 Å². The zero-order chi connectivity index (χ0) is 19.5. The topological polar surface area (TPSA) is 40.0 Å². The van der Waals surface area contributed by atoms with Crippen LogP contribution in [0, 0.1) is 5.92 Å². The van der Waals surface area contributed by atoms with Gasteiger partial charge in [0.1, 0.15) is 6.61 Å². The Morgan fingerprint density at radius 1 is 1.08 bits per heavy atom. The van der Waals surface area contributed by atoms with Crippen LogP contribution < -0.4 is 0 Å². The van der Waals surface area contributed by atoms with E-state index in [0.717, 1.165) is 18.9 Å². The minimum atomic E-state index is -0.526. The zero-order valence-corrected chi connectivity index (χ0v) is 17.8. The Bertz CT molecular complexity index is 433. The summed E-state index contributed by atoms with van der Waals surface area (Å²) in [6.45, 7) is 16.1. The summed E-state index contributed by atoms with van der Waals surface area (Å²) in [6.07, 6.45) is 12.2. The second-order valence-corrected chi connectivity index (χ2v) is 8.20. The van der Waals surface area contributed by atoms with Crippen LogP contribution in [0.3, 0.4) is 0 Å². The van der Waals surface area contributed by atoms with Crippen LogP contribution in [-0.4, -0.2) is 37.0 Å². The van der Waals surface area contributed by atoms with Crippen LogP contribution in [-0.2, 0) is 14.2 Å². The first kappa shape index (κ1) is 23.2. The van der Waals surface area contributed by atoms with Gasteiger partial charge in [-0.2, -0.15) is 0 Å². The molecule has 2 unspecified atom stereocenters. The molecule has 0 aliphatic carbocycles. The lowest BCUT2D eigenvalue weighted by Crippen LogP contribution is -2.25. The van der Waals surface area contributed by atoms with E-state index in [4.69, 9.17) is 14.2 Å². The fraction of sp³-hybridized carbons (Fsp3) is 0.864. The molecule has 0 amide bonds. The van der Waals surface area contributed by atoms with Crippen LogP contribution in [0.15, 0.2) is 17.6 Å². The lowest BCUT2D eigenvalue weighted by Gasteiger charge is -2.20. The highest BCUT2D eigenvalue weighted by molar-refractivity contribution is 5.96. The predicted molar refractivity (Wildman–Crippen MR) is 110 cm³/mol. The van der Waals surface area contributed by atoms with Crippen LogP contribution in [0.5, 0.6) is 0 Å². The van der Waals surface area contributed by atoms with Gasteiger partial charge in [0.25, 0.3) is 0 Å². The minimum absolute atomic E-state index is 0.317. The van der Waals surface area contributed by atoms with E-state index in [1.807, 2.05) is 20.8 Å². The molecule has 0 aromatic heterocycles. The van der Waals surface area contributed by atoms with Crippen molar-refractivity contribution in [2.75, 3.05) is 19.8 Å². The van der Waals surface area contributed by atoms with Gasteiger partial charge in [-0.1, -0.05) is 64.9 Å². The first-order chi connectivity index (χ1) is 12.3. The first-order valence-electron chi connectivity index (χ1n) is 10.5. The number of unbranched alkanes of at least 4 members (excludes halogenated alkanes) is 4. The molecule has 1 aliphatic rings. The van der Waals surface area contributed by atoms with Crippen LogP contribution >= 0.6 is 0 Å². The summed E-state index contributed by atoms with van der Waals surface area (Å²) in [5, 5.41) is 0. The van der Waals surface area contributed by atoms with E-state index in [1.54, 1.807) is 6.08 Å². The highest BCUT2D eigenvalue weighted by atomic mass is 16.6. The van der Waals surface area contributed by atoms with Crippen molar-refractivity contribution in [3.8, 4) is 0 Å². The van der Waals surface area contributed by atoms with Gasteiger partial charge in [-0.25, -0.2) is 4.99 Å². The quantitative estimate of drug-likeness (QED) is 0.252. The Morgan fingerprint density at radius 3 is 2.42 bits per heavy atom. The van der Waals surface area contributed by atoms with Crippen LogP contribution in [0.1, 0.15) is 86.0 Å². The SMILES string of the molecule is C=CC(C)(C)OCCOC1=NC1(C)OCCCCCC(C)CCCCC. The molecule has 4 nitrogen and oxygen atoms in total. The van der Waals surface area contributed by atoms with E-state index in [0.29, 0.717) is 19.1 Å². The Morgan fingerprint density at radius 2 is 1.77 bits per heavy atom. The fourth-order valence-electron chi connectivity index (χ4n) is 2.86. The molecule has 0 N–H and O–H groups in total. The van der Waals surface area contributed by atoms with Gasteiger partial charge in [0.05, 0.1) is 18.8 Å². The lowest BCUT2D eigenvalue weighted by molar-refractivity contribution is -0.00202. The van der Waals surface area contributed by atoms with Crippen LogP contribution in [0.25, 0.3) is 0 Å². The molecule has 0 saturated heterocycles.